The first-order valence-electron chi connectivity index (χ1n) is 14.1. The maximum atomic E-state index is 13.9. The summed E-state index contributed by atoms with van der Waals surface area (Å²) in [5.74, 6) is -1.38. The number of benzene rings is 2. The summed E-state index contributed by atoms with van der Waals surface area (Å²) in [4.78, 5) is 26.8. The summed E-state index contributed by atoms with van der Waals surface area (Å²) in [5.41, 5.74) is -2.51. The molecule has 2 heterocycles. The van der Waals surface area contributed by atoms with Crippen LogP contribution in [0.4, 0.5) is 50.0 Å². The average Bonchev–Trinajstić information content (AvgIpc) is 3.40. The number of amides is 1. The number of nitrogens with zero attached hydrogens (tertiary/aromatic N) is 5. The molecule has 2 aromatic rings. The number of hydrazine groups is 1. The molecule has 2 aliphatic rings. The molecule has 2 aliphatic heterocycles. The molecule has 1 amide bonds. The van der Waals surface area contributed by atoms with Gasteiger partial charge in [-0.15, -0.1) is 5.11 Å². The zero-order valence-corrected chi connectivity index (χ0v) is 24.9. The highest BCUT2D eigenvalue weighted by atomic mass is 19.4. The minimum absolute atomic E-state index is 0.0332. The van der Waals surface area contributed by atoms with E-state index in [0.29, 0.717) is 12.1 Å². The van der Waals surface area contributed by atoms with Gasteiger partial charge in [-0.2, -0.15) is 50.1 Å². The van der Waals surface area contributed by atoms with Crippen LogP contribution >= 0.6 is 0 Å². The Morgan fingerprint density at radius 3 is 2.09 bits per heavy atom. The van der Waals surface area contributed by atoms with Gasteiger partial charge in [0.25, 0.3) is 0 Å². The molecule has 0 fully saturated rings. The van der Waals surface area contributed by atoms with E-state index >= 15 is 0 Å². The second kappa shape index (κ2) is 13.2. The first-order chi connectivity index (χ1) is 21.7. The number of fused-ring (bicyclic) bond motifs is 1. The van der Waals surface area contributed by atoms with Crippen LogP contribution in [-0.4, -0.2) is 52.2 Å². The number of carboxylic acid groups (broad SMARTS) is 1. The maximum absolute atomic E-state index is 13.9. The second-order valence-electron chi connectivity index (χ2n) is 11.1. The van der Waals surface area contributed by atoms with E-state index < -0.39 is 90.4 Å². The molecule has 0 saturated carbocycles. The number of aliphatic carboxylic acids is 1. The first-order valence-corrected chi connectivity index (χ1v) is 14.1. The van der Waals surface area contributed by atoms with Crippen LogP contribution in [0.2, 0.25) is 0 Å². The van der Waals surface area contributed by atoms with Crippen molar-refractivity contribution in [2.24, 2.45) is 10.3 Å². The molecule has 2 aromatic carbocycles. The van der Waals surface area contributed by atoms with E-state index in [0.717, 1.165) is 28.2 Å². The maximum Gasteiger partial charge on any atom is 0.416 e. The fourth-order valence-corrected chi connectivity index (χ4v) is 5.40. The summed E-state index contributed by atoms with van der Waals surface area (Å²) in [7, 11) is 0. The summed E-state index contributed by atoms with van der Waals surface area (Å²) in [6.45, 7) is 3.27. The number of ether oxygens (including phenoxy) is 1. The summed E-state index contributed by atoms with van der Waals surface area (Å²) in [6, 6.07) is 1.41. The number of carboxylic acids is 1. The van der Waals surface area contributed by atoms with E-state index in [-0.39, 0.29) is 30.2 Å². The molecule has 0 radical (unpaired) electrons. The fraction of sp³-hybridized carbons (Fsp3) is 0.500. The third-order valence-electron chi connectivity index (χ3n) is 7.38. The van der Waals surface area contributed by atoms with Gasteiger partial charge in [0.1, 0.15) is 0 Å². The van der Waals surface area contributed by atoms with Crippen molar-refractivity contribution >= 4 is 17.7 Å². The van der Waals surface area contributed by atoms with Crippen molar-refractivity contribution in [1.29, 1.82) is 0 Å². The molecular formula is C28H29F9N6O4. The Kier molecular flexibility index (Phi) is 10.0. The van der Waals surface area contributed by atoms with Gasteiger partial charge >= 0.3 is 30.6 Å². The predicted octanol–water partition coefficient (Wildman–Crippen LogP) is 7.38. The van der Waals surface area contributed by atoms with Crippen LogP contribution in [0.3, 0.4) is 0 Å². The van der Waals surface area contributed by atoms with Gasteiger partial charge in [0.15, 0.2) is 12.8 Å². The predicted molar refractivity (Wildman–Crippen MR) is 145 cm³/mol. The van der Waals surface area contributed by atoms with Gasteiger partial charge in [-0.25, -0.2) is 4.79 Å². The number of alkyl halides is 9. The molecule has 0 saturated heterocycles. The van der Waals surface area contributed by atoms with Crippen molar-refractivity contribution in [2.45, 2.75) is 83.2 Å². The smallest absolute Gasteiger partial charge is 0.416 e. The van der Waals surface area contributed by atoms with Crippen molar-refractivity contribution < 1.29 is 58.9 Å². The van der Waals surface area contributed by atoms with Crippen LogP contribution in [-0.2, 0) is 34.6 Å². The molecule has 4 rings (SSSR count). The van der Waals surface area contributed by atoms with Crippen LogP contribution in [0, 0.1) is 0 Å². The topological polar surface area (TPSA) is 110 Å². The van der Waals surface area contributed by atoms with E-state index in [4.69, 9.17) is 4.74 Å². The Morgan fingerprint density at radius 1 is 0.979 bits per heavy atom. The van der Waals surface area contributed by atoms with Crippen LogP contribution in [0.5, 0.6) is 0 Å². The third-order valence-corrected chi connectivity index (χ3v) is 7.38. The summed E-state index contributed by atoms with van der Waals surface area (Å²) >= 11 is 0. The molecule has 258 valence electrons. The zero-order chi connectivity index (χ0) is 35.1. The number of rotatable bonds is 8. The molecule has 19 heteroatoms. The minimum atomic E-state index is -5.19. The largest absolute Gasteiger partial charge is 0.480 e. The minimum Gasteiger partial charge on any atom is -0.480 e. The second-order valence-corrected chi connectivity index (χ2v) is 11.1. The Hall–Kier alpha value is -4.13. The Bertz CT molecular complexity index is 1480. The molecule has 1 unspecified atom stereocenters. The van der Waals surface area contributed by atoms with Crippen molar-refractivity contribution in [3.05, 3.63) is 64.2 Å². The average molecular weight is 685 g/mol. The van der Waals surface area contributed by atoms with Crippen molar-refractivity contribution in [2.75, 3.05) is 11.4 Å². The monoisotopic (exact) mass is 684 g/mol. The van der Waals surface area contributed by atoms with E-state index in [2.05, 4.69) is 15.8 Å². The standard InChI is InChI=1S/C28H29F9N6O4/c1-4-19-11-22(20-10-16(26(29,30)31)5-6-21(20)43(19)25(46)47-14(2)3)41(24-38-40-42(39-24)13-23(44)45)12-15-7-17(27(32,33)34)9-18(8-15)28(35,36)37/h5-10,14,19,22,24,39H,4,11-13H2,1-3H3,(H,44,45)/t19-,22+,24?/m1/s1. The van der Waals surface area contributed by atoms with E-state index in [1.165, 1.54) is 4.90 Å². The van der Waals surface area contributed by atoms with Crippen molar-refractivity contribution in [1.82, 2.24) is 15.4 Å². The normalized spacial score (nSPS) is 20.3. The Balaban J connectivity index is 1.91. The van der Waals surface area contributed by atoms with Crippen LogP contribution in [0.25, 0.3) is 0 Å². The van der Waals surface area contributed by atoms with Crippen molar-refractivity contribution in [3.8, 4) is 0 Å². The Labute approximate surface area is 261 Å². The van der Waals surface area contributed by atoms with Crippen LogP contribution < -0.4 is 10.3 Å². The van der Waals surface area contributed by atoms with Gasteiger partial charge in [0.2, 0.25) is 0 Å². The highest BCUT2D eigenvalue weighted by Crippen LogP contribution is 2.46. The summed E-state index contributed by atoms with van der Waals surface area (Å²) < 4.78 is 129. The lowest BCUT2D eigenvalue weighted by atomic mass is 9.87. The fourth-order valence-electron chi connectivity index (χ4n) is 5.40. The molecule has 10 nitrogen and oxygen atoms in total. The van der Waals surface area contributed by atoms with E-state index in [9.17, 15) is 54.2 Å². The first kappa shape index (κ1) is 35.7. The lowest BCUT2D eigenvalue weighted by molar-refractivity contribution is -0.143. The number of hydrogen-bond donors (Lipinski definition) is 2. The number of carbonyl (C=O) groups is 2. The van der Waals surface area contributed by atoms with Gasteiger partial charge in [0, 0.05) is 18.6 Å². The summed E-state index contributed by atoms with van der Waals surface area (Å²) in [5, 5.41) is 17.5. The third kappa shape index (κ3) is 8.24. The number of carbonyl (C=O) groups excluding carboxylic acids is 1. The quantitative estimate of drug-likeness (QED) is 0.280. The van der Waals surface area contributed by atoms with Gasteiger partial charge in [-0.1, -0.05) is 12.1 Å². The lowest BCUT2D eigenvalue weighted by Crippen LogP contribution is -2.53. The highest BCUT2D eigenvalue weighted by molar-refractivity contribution is 5.90. The highest BCUT2D eigenvalue weighted by Gasteiger charge is 2.44. The number of anilines is 1. The molecular weight excluding hydrogens is 655 g/mol. The number of hydrogen-bond acceptors (Lipinski definition) is 8. The van der Waals surface area contributed by atoms with Gasteiger partial charge in [0.05, 0.1) is 28.5 Å². The molecule has 0 spiro atoms. The number of nitrogens with one attached hydrogen (secondary N) is 1. The van der Waals surface area contributed by atoms with Gasteiger partial charge in [-0.05, 0) is 74.2 Å². The van der Waals surface area contributed by atoms with E-state index in [1.807, 2.05) is 0 Å². The zero-order valence-electron chi connectivity index (χ0n) is 24.9. The molecule has 0 bridgehead atoms. The van der Waals surface area contributed by atoms with Crippen molar-refractivity contribution in [3.63, 3.8) is 0 Å². The summed E-state index contributed by atoms with van der Waals surface area (Å²) in [6.07, 6.45) is -18.2. The van der Waals surface area contributed by atoms with Gasteiger partial charge in [-0.3, -0.25) is 14.6 Å². The van der Waals surface area contributed by atoms with Gasteiger partial charge < -0.3 is 9.84 Å². The van der Waals surface area contributed by atoms with E-state index in [1.54, 1.807) is 20.8 Å². The molecule has 3 atom stereocenters. The molecule has 0 aromatic heterocycles. The Morgan fingerprint density at radius 2 is 1.57 bits per heavy atom. The lowest BCUT2D eigenvalue weighted by Gasteiger charge is -2.45. The molecule has 0 aliphatic carbocycles. The molecule has 2 N–H and O–H groups in total. The van der Waals surface area contributed by atoms with Crippen LogP contribution in [0.1, 0.15) is 67.5 Å². The number of halogens is 9. The molecule has 47 heavy (non-hydrogen) atoms. The van der Waals surface area contributed by atoms with Crippen LogP contribution in [0.15, 0.2) is 46.7 Å². The SMILES string of the molecule is CC[C@@H]1C[C@H](N(Cc2cc(C(F)(F)F)cc(C(F)(F)F)c2)C2N=NN(CC(=O)O)N2)c2cc(C(F)(F)F)ccc2N1C(=O)OC(C)C.